The zero-order valence-electron chi connectivity index (χ0n) is 12.3. The fourth-order valence-electron chi connectivity index (χ4n) is 1.89. The van der Waals surface area contributed by atoms with Crippen molar-refractivity contribution in [3.63, 3.8) is 0 Å². The van der Waals surface area contributed by atoms with Crippen molar-refractivity contribution in [2.45, 2.75) is 17.6 Å². The van der Waals surface area contributed by atoms with Crippen LogP contribution < -0.4 is 10.5 Å². The van der Waals surface area contributed by atoms with E-state index < -0.39 is 0 Å². The van der Waals surface area contributed by atoms with Gasteiger partial charge >= 0.3 is 0 Å². The number of ether oxygens (including phenoxy) is 1. The molecule has 0 unspecified atom stereocenters. The molecule has 21 heavy (non-hydrogen) atoms. The van der Waals surface area contributed by atoms with Crippen molar-refractivity contribution in [1.82, 2.24) is 0 Å². The van der Waals surface area contributed by atoms with Gasteiger partial charge in [0.2, 0.25) is 0 Å². The van der Waals surface area contributed by atoms with Crippen LogP contribution in [0.2, 0.25) is 0 Å². The van der Waals surface area contributed by atoms with Crippen molar-refractivity contribution in [2.75, 3.05) is 13.7 Å². The molecule has 0 aromatic heterocycles. The lowest BCUT2D eigenvalue weighted by Crippen LogP contribution is -1.94. The molecule has 2 rings (SSSR count). The Morgan fingerprint density at radius 2 is 1.90 bits per heavy atom. The number of nitrogens with two attached hydrogens (primary N) is 1. The van der Waals surface area contributed by atoms with Gasteiger partial charge in [0.15, 0.2) is 0 Å². The molecule has 0 spiro atoms. The highest BCUT2D eigenvalue weighted by atomic mass is 32.2. The monoisotopic (exact) mass is 297 g/mol. The molecule has 2 N–H and O–H groups in total. The molecule has 0 fully saturated rings. The topological polar surface area (TPSA) is 35.2 Å². The Morgan fingerprint density at radius 3 is 2.57 bits per heavy atom. The Morgan fingerprint density at radius 1 is 1.14 bits per heavy atom. The Balaban J connectivity index is 2.11. The van der Waals surface area contributed by atoms with E-state index in [9.17, 15) is 0 Å². The highest BCUT2D eigenvalue weighted by molar-refractivity contribution is 7.98. The molecular weight excluding hydrogens is 278 g/mol. The first-order chi connectivity index (χ1) is 10.2. The standard InChI is InChI=1S/C18H19NOS/c1-14-5-8-17(9-6-14)21-13-15-7-10-18(20-2)16(12-15)4-3-11-19/h5-10,12H,11,13,19H2,1-2H3. The minimum absolute atomic E-state index is 0.353. The fraction of sp³-hybridized carbons (Fsp3) is 0.222. The predicted octanol–water partition coefficient (Wildman–Crippen LogP) is 3.61. The second-order valence-electron chi connectivity index (χ2n) is 4.64. The van der Waals surface area contributed by atoms with E-state index in [0.29, 0.717) is 6.54 Å². The number of thioether (sulfide) groups is 1. The second kappa shape index (κ2) is 7.78. The van der Waals surface area contributed by atoms with Crippen LogP contribution in [0.5, 0.6) is 5.75 Å². The molecule has 0 atom stereocenters. The van der Waals surface area contributed by atoms with Gasteiger partial charge in [0.1, 0.15) is 5.75 Å². The Bertz CT molecular complexity index is 653. The van der Waals surface area contributed by atoms with Crippen LogP contribution in [0, 0.1) is 18.8 Å². The Kier molecular flexibility index (Phi) is 5.74. The highest BCUT2D eigenvalue weighted by Gasteiger charge is 2.03. The Hall–Kier alpha value is -1.89. The molecule has 108 valence electrons. The van der Waals surface area contributed by atoms with E-state index in [1.54, 1.807) is 7.11 Å². The summed E-state index contributed by atoms with van der Waals surface area (Å²) < 4.78 is 5.32. The summed E-state index contributed by atoms with van der Waals surface area (Å²) in [6.07, 6.45) is 0. The number of hydrogen-bond acceptors (Lipinski definition) is 3. The molecule has 0 saturated heterocycles. The molecular formula is C18H19NOS. The number of benzene rings is 2. The largest absolute Gasteiger partial charge is 0.495 e. The number of hydrogen-bond donors (Lipinski definition) is 1. The maximum atomic E-state index is 5.43. The van der Waals surface area contributed by atoms with Gasteiger partial charge in [-0.3, -0.25) is 0 Å². The summed E-state index contributed by atoms with van der Waals surface area (Å²) in [7, 11) is 1.66. The maximum Gasteiger partial charge on any atom is 0.134 e. The average Bonchev–Trinajstić information content (AvgIpc) is 2.52. The third-order valence-corrected chi connectivity index (χ3v) is 4.10. The molecule has 2 aromatic carbocycles. The van der Waals surface area contributed by atoms with E-state index >= 15 is 0 Å². The Labute approximate surface area is 130 Å². The summed E-state index contributed by atoms with van der Waals surface area (Å²) in [5, 5.41) is 0. The molecule has 0 amide bonds. The summed E-state index contributed by atoms with van der Waals surface area (Å²) >= 11 is 1.81. The molecule has 0 heterocycles. The van der Waals surface area contributed by atoms with Crippen LogP contribution in [0.1, 0.15) is 16.7 Å². The van der Waals surface area contributed by atoms with E-state index in [4.69, 9.17) is 10.5 Å². The van der Waals surface area contributed by atoms with Crippen molar-refractivity contribution in [3.8, 4) is 17.6 Å². The first-order valence-electron chi connectivity index (χ1n) is 6.78. The van der Waals surface area contributed by atoms with Crippen LogP contribution in [0.3, 0.4) is 0 Å². The van der Waals surface area contributed by atoms with Gasteiger partial charge in [-0.25, -0.2) is 0 Å². The summed E-state index contributed by atoms with van der Waals surface area (Å²) in [6, 6.07) is 14.7. The summed E-state index contributed by atoms with van der Waals surface area (Å²) in [5.74, 6) is 7.64. The first-order valence-corrected chi connectivity index (χ1v) is 7.77. The van der Waals surface area contributed by atoms with Gasteiger partial charge in [0, 0.05) is 10.6 Å². The molecule has 0 aliphatic carbocycles. The lowest BCUT2D eigenvalue weighted by Gasteiger charge is -2.07. The van der Waals surface area contributed by atoms with Gasteiger partial charge in [-0.1, -0.05) is 35.6 Å². The lowest BCUT2D eigenvalue weighted by molar-refractivity contribution is 0.413. The van der Waals surface area contributed by atoms with Crippen LogP contribution in [-0.2, 0) is 5.75 Å². The van der Waals surface area contributed by atoms with E-state index in [1.165, 1.54) is 16.0 Å². The van der Waals surface area contributed by atoms with E-state index in [-0.39, 0.29) is 0 Å². The van der Waals surface area contributed by atoms with Crippen LogP contribution >= 0.6 is 11.8 Å². The van der Waals surface area contributed by atoms with Crippen LogP contribution in [-0.4, -0.2) is 13.7 Å². The van der Waals surface area contributed by atoms with Crippen LogP contribution in [0.25, 0.3) is 0 Å². The number of rotatable bonds is 4. The lowest BCUT2D eigenvalue weighted by atomic mass is 10.1. The molecule has 3 heteroatoms. The van der Waals surface area contributed by atoms with E-state index in [2.05, 4.69) is 55.2 Å². The molecule has 0 aliphatic heterocycles. The quantitative estimate of drug-likeness (QED) is 0.691. The summed E-state index contributed by atoms with van der Waals surface area (Å²) in [4.78, 5) is 1.27. The maximum absolute atomic E-state index is 5.43. The third-order valence-electron chi connectivity index (χ3n) is 3.02. The molecule has 0 aliphatic rings. The molecule has 2 nitrogen and oxygen atoms in total. The zero-order valence-corrected chi connectivity index (χ0v) is 13.2. The normalized spacial score (nSPS) is 9.86. The van der Waals surface area contributed by atoms with Crippen LogP contribution in [0.4, 0.5) is 0 Å². The first kappa shape index (κ1) is 15.5. The average molecular weight is 297 g/mol. The summed E-state index contributed by atoms with van der Waals surface area (Å²) in [5.41, 5.74) is 8.83. The highest BCUT2D eigenvalue weighted by Crippen LogP contribution is 2.26. The smallest absolute Gasteiger partial charge is 0.134 e. The number of aryl methyl sites for hydroxylation is 1. The minimum atomic E-state index is 0.353. The molecule has 0 saturated carbocycles. The second-order valence-corrected chi connectivity index (χ2v) is 5.69. The van der Waals surface area contributed by atoms with Gasteiger partial charge in [-0.05, 0) is 36.8 Å². The minimum Gasteiger partial charge on any atom is -0.495 e. The fourth-order valence-corrected chi connectivity index (χ4v) is 2.73. The summed E-state index contributed by atoms with van der Waals surface area (Å²) in [6.45, 7) is 2.45. The predicted molar refractivity (Wildman–Crippen MR) is 89.7 cm³/mol. The van der Waals surface area contributed by atoms with E-state index in [1.807, 2.05) is 17.8 Å². The molecule has 0 radical (unpaired) electrons. The molecule has 2 aromatic rings. The third kappa shape index (κ3) is 4.56. The van der Waals surface area contributed by atoms with Crippen molar-refractivity contribution in [3.05, 3.63) is 59.2 Å². The zero-order chi connectivity index (χ0) is 15.1. The SMILES string of the molecule is COc1ccc(CSc2ccc(C)cc2)cc1C#CCN. The van der Waals surface area contributed by atoms with Gasteiger partial charge in [0.25, 0.3) is 0 Å². The van der Waals surface area contributed by atoms with Crippen molar-refractivity contribution < 1.29 is 4.74 Å². The number of methoxy groups -OCH3 is 1. The van der Waals surface area contributed by atoms with Gasteiger partial charge in [-0.15, -0.1) is 11.8 Å². The van der Waals surface area contributed by atoms with Crippen molar-refractivity contribution >= 4 is 11.8 Å². The van der Waals surface area contributed by atoms with Gasteiger partial charge < -0.3 is 10.5 Å². The van der Waals surface area contributed by atoms with Crippen molar-refractivity contribution in [1.29, 1.82) is 0 Å². The van der Waals surface area contributed by atoms with Crippen molar-refractivity contribution in [2.24, 2.45) is 5.73 Å². The van der Waals surface area contributed by atoms with E-state index in [0.717, 1.165) is 17.1 Å². The van der Waals surface area contributed by atoms with Gasteiger partial charge in [0.05, 0.1) is 19.2 Å². The van der Waals surface area contributed by atoms with Gasteiger partial charge in [-0.2, -0.15) is 0 Å². The van der Waals surface area contributed by atoms with Crippen LogP contribution in [0.15, 0.2) is 47.4 Å². The molecule has 0 bridgehead atoms.